The van der Waals surface area contributed by atoms with E-state index in [1.54, 1.807) is 7.11 Å². The minimum atomic E-state index is -0.603. The number of methoxy groups -OCH3 is 1. The Balaban J connectivity index is 2.53. The maximum Gasteiger partial charge on any atom is 0.124 e. The van der Waals surface area contributed by atoms with Crippen molar-refractivity contribution in [2.45, 2.75) is 40.7 Å². The molecule has 2 nitrogen and oxygen atoms in total. The predicted molar refractivity (Wildman–Crippen MR) is 87.2 cm³/mol. The highest BCUT2D eigenvalue weighted by molar-refractivity contribution is 5.48. The van der Waals surface area contributed by atoms with E-state index >= 15 is 0 Å². The average molecular weight is 284 g/mol. The van der Waals surface area contributed by atoms with E-state index in [0.717, 1.165) is 39.1 Å². The van der Waals surface area contributed by atoms with Crippen LogP contribution in [0.2, 0.25) is 0 Å². The molecule has 2 rings (SSSR count). The summed E-state index contributed by atoms with van der Waals surface area (Å²) in [5.41, 5.74) is 7.51. The molecule has 0 radical (unpaired) electrons. The molecule has 0 aliphatic rings. The van der Waals surface area contributed by atoms with Crippen molar-refractivity contribution in [1.29, 1.82) is 0 Å². The van der Waals surface area contributed by atoms with Gasteiger partial charge in [-0.3, -0.25) is 0 Å². The molecular weight excluding hydrogens is 260 g/mol. The van der Waals surface area contributed by atoms with Crippen molar-refractivity contribution >= 4 is 0 Å². The summed E-state index contributed by atoms with van der Waals surface area (Å²) in [5.74, 6) is 0.892. The highest BCUT2D eigenvalue weighted by Crippen LogP contribution is 2.33. The lowest BCUT2D eigenvalue weighted by Crippen LogP contribution is -2.06. The molecule has 2 aromatic rings. The number of aliphatic hydroxyl groups is 1. The van der Waals surface area contributed by atoms with E-state index in [-0.39, 0.29) is 0 Å². The smallest absolute Gasteiger partial charge is 0.124 e. The van der Waals surface area contributed by atoms with Crippen LogP contribution in [0.1, 0.15) is 45.0 Å². The summed E-state index contributed by atoms with van der Waals surface area (Å²) >= 11 is 0. The minimum absolute atomic E-state index is 0.603. The van der Waals surface area contributed by atoms with Crippen molar-refractivity contribution in [2.75, 3.05) is 7.11 Å². The lowest BCUT2D eigenvalue weighted by atomic mass is 9.90. The number of aliphatic hydroxyl groups excluding tert-OH is 1. The summed E-state index contributed by atoms with van der Waals surface area (Å²) in [7, 11) is 1.68. The number of rotatable bonds is 3. The molecule has 0 aliphatic heterocycles. The molecule has 0 bridgehead atoms. The Bertz CT molecular complexity index is 625. The first-order valence-electron chi connectivity index (χ1n) is 7.26. The van der Waals surface area contributed by atoms with Gasteiger partial charge in [0.05, 0.1) is 7.11 Å². The molecule has 112 valence electrons. The SMILES string of the molecule is COc1c(C)cc(C(O)c2c(C)cc(C)cc2C)cc1C. The van der Waals surface area contributed by atoms with E-state index in [1.807, 2.05) is 26.0 Å². The second-order valence-corrected chi connectivity index (χ2v) is 5.90. The van der Waals surface area contributed by atoms with Gasteiger partial charge in [0.1, 0.15) is 11.9 Å². The van der Waals surface area contributed by atoms with Crippen molar-refractivity contribution < 1.29 is 9.84 Å². The van der Waals surface area contributed by atoms with Crippen LogP contribution in [0.15, 0.2) is 24.3 Å². The summed E-state index contributed by atoms with van der Waals surface area (Å²) in [4.78, 5) is 0. The molecule has 0 heterocycles. The molecule has 2 aromatic carbocycles. The van der Waals surface area contributed by atoms with Crippen LogP contribution in [-0.4, -0.2) is 12.2 Å². The lowest BCUT2D eigenvalue weighted by Gasteiger charge is -2.20. The third-order valence-electron chi connectivity index (χ3n) is 4.01. The van der Waals surface area contributed by atoms with E-state index in [4.69, 9.17) is 4.74 Å². The summed E-state index contributed by atoms with van der Waals surface area (Å²) < 4.78 is 5.40. The quantitative estimate of drug-likeness (QED) is 0.909. The van der Waals surface area contributed by atoms with E-state index in [2.05, 4.69) is 32.9 Å². The Morgan fingerprint density at radius 2 is 1.29 bits per heavy atom. The first kappa shape index (κ1) is 15.6. The fourth-order valence-corrected chi connectivity index (χ4v) is 3.25. The van der Waals surface area contributed by atoms with Crippen LogP contribution < -0.4 is 4.74 Å². The summed E-state index contributed by atoms with van der Waals surface area (Å²) in [6.07, 6.45) is -0.603. The van der Waals surface area contributed by atoms with E-state index in [1.165, 1.54) is 5.56 Å². The Hall–Kier alpha value is -1.80. The van der Waals surface area contributed by atoms with Crippen molar-refractivity contribution in [3.63, 3.8) is 0 Å². The number of benzene rings is 2. The Kier molecular flexibility index (Phi) is 4.38. The maximum atomic E-state index is 10.8. The minimum Gasteiger partial charge on any atom is -0.496 e. The van der Waals surface area contributed by atoms with E-state index in [9.17, 15) is 5.11 Å². The van der Waals surface area contributed by atoms with Crippen LogP contribution in [0, 0.1) is 34.6 Å². The molecule has 0 amide bonds. The molecule has 0 aromatic heterocycles. The van der Waals surface area contributed by atoms with Gasteiger partial charge in [0, 0.05) is 0 Å². The van der Waals surface area contributed by atoms with E-state index < -0.39 is 6.10 Å². The van der Waals surface area contributed by atoms with Crippen LogP contribution in [0.5, 0.6) is 5.75 Å². The first-order chi connectivity index (χ1) is 9.85. The second kappa shape index (κ2) is 5.90. The van der Waals surface area contributed by atoms with Crippen molar-refractivity contribution in [2.24, 2.45) is 0 Å². The molecule has 1 N–H and O–H groups in total. The highest BCUT2D eigenvalue weighted by atomic mass is 16.5. The second-order valence-electron chi connectivity index (χ2n) is 5.90. The van der Waals surface area contributed by atoms with Gasteiger partial charge >= 0.3 is 0 Å². The van der Waals surface area contributed by atoms with Crippen LogP contribution in [0.25, 0.3) is 0 Å². The summed E-state index contributed by atoms with van der Waals surface area (Å²) in [6.45, 7) is 10.2. The molecule has 1 atom stereocenters. The van der Waals surface area contributed by atoms with Crippen molar-refractivity contribution in [1.82, 2.24) is 0 Å². The van der Waals surface area contributed by atoms with Gasteiger partial charge in [0.25, 0.3) is 0 Å². The monoisotopic (exact) mass is 284 g/mol. The summed E-state index contributed by atoms with van der Waals surface area (Å²) in [6, 6.07) is 8.26. The van der Waals surface area contributed by atoms with Gasteiger partial charge in [-0.1, -0.05) is 17.7 Å². The van der Waals surface area contributed by atoms with Gasteiger partial charge in [0.15, 0.2) is 0 Å². The Morgan fingerprint density at radius 3 is 1.71 bits per heavy atom. The van der Waals surface area contributed by atoms with Gasteiger partial charge in [-0.15, -0.1) is 0 Å². The van der Waals surface area contributed by atoms with Gasteiger partial charge < -0.3 is 9.84 Å². The standard InChI is InChI=1S/C19H24O2/c1-11-7-12(2)17(13(3)8-11)18(20)16-9-14(4)19(21-6)15(5)10-16/h7-10,18,20H,1-6H3. The van der Waals surface area contributed by atoms with Crippen molar-refractivity contribution in [3.05, 3.63) is 63.2 Å². The number of aryl methyl sites for hydroxylation is 5. The molecule has 2 heteroatoms. The number of hydrogen-bond acceptors (Lipinski definition) is 2. The number of hydrogen-bond donors (Lipinski definition) is 1. The zero-order chi connectivity index (χ0) is 15.7. The average Bonchev–Trinajstić information content (AvgIpc) is 2.36. The van der Waals surface area contributed by atoms with Crippen LogP contribution in [0.4, 0.5) is 0 Å². The van der Waals surface area contributed by atoms with Gasteiger partial charge in [-0.25, -0.2) is 0 Å². The first-order valence-corrected chi connectivity index (χ1v) is 7.26. The molecule has 0 spiro atoms. The van der Waals surface area contributed by atoms with Crippen LogP contribution >= 0.6 is 0 Å². The molecule has 0 fully saturated rings. The van der Waals surface area contributed by atoms with Gasteiger partial charge in [0.2, 0.25) is 0 Å². The molecule has 0 saturated heterocycles. The van der Waals surface area contributed by atoms with Gasteiger partial charge in [-0.05, 0) is 80.1 Å². The molecule has 1 unspecified atom stereocenters. The maximum absolute atomic E-state index is 10.8. The predicted octanol–water partition coefficient (Wildman–Crippen LogP) is 4.32. The lowest BCUT2D eigenvalue weighted by molar-refractivity contribution is 0.218. The fraction of sp³-hybridized carbons (Fsp3) is 0.368. The third kappa shape index (κ3) is 2.96. The largest absolute Gasteiger partial charge is 0.496 e. The zero-order valence-corrected chi connectivity index (χ0v) is 13.7. The Labute approximate surface area is 127 Å². The zero-order valence-electron chi connectivity index (χ0n) is 13.7. The van der Waals surface area contributed by atoms with Crippen LogP contribution in [-0.2, 0) is 0 Å². The summed E-state index contributed by atoms with van der Waals surface area (Å²) in [5, 5.41) is 10.8. The molecule has 0 aliphatic carbocycles. The van der Waals surface area contributed by atoms with Gasteiger partial charge in [-0.2, -0.15) is 0 Å². The third-order valence-corrected chi connectivity index (χ3v) is 4.01. The number of ether oxygens (including phenoxy) is 1. The van der Waals surface area contributed by atoms with Crippen LogP contribution in [0.3, 0.4) is 0 Å². The molecule has 21 heavy (non-hydrogen) atoms. The Morgan fingerprint density at radius 1 is 0.810 bits per heavy atom. The normalized spacial score (nSPS) is 12.3. The molecule has 0 saturated carbocycles. The topological polar surface area (TPSA) is 29.5 Å². The fourth-order valence-electron chi connectivity index (χ4n) is 3.25. The highest BCUT2D eigenvalue weighted by Gasteiger charge is 2.18. The van der Waals surface area contributed by atoms with Crippen molar-refractivity contribution in [3.8, 4) is 5.75 Å². The van der Waals surface area contributed by atoms with E-state index in [0.29, 0.717) is 0 Å². The molecular formula is C19H24O2.